The van der Waals surface area contributed by atoms with Crippen LogP contribution in [0.5, 0.6) is 0 Å². The fourth-order valence-electron chi connectivity index (χ4n) is 3.49. The average molecular weight is 388 g/mol. The quantitative estimate of drug-likeness (QED) is 0.497. The summed E-state index contributed by atoms with van der Waals surface area (Å²) in [6, 6.07) is 16.4. The van der Waals surface area contributed by atoms with Crippen LogP contribution in [0.2, 0.25) is 0 Å². The van der Waals surface area contributed by atoms with E-state index in [-0.39, 0.29) is 24.5 Å². The van der Waals surface area contributed by atoms with Gasteiger partial charge < -0.3 is 14.4 Å². The van der Waals surface area contributed by atoms with Gasteiger partial charge in [-0.1, -0.05) is 43.0 Å². The van der Waals surface area contributed by atoms with Crippen LogP contribution in [0, 0.1) is 0 Å². The molecule has 0 fully saturated rings. The van der Waals surface area contributed by atoms with Gasteiger partial charge >= 0.3 is 5.91 Å². The van der Waals surface area contributed by atoms with Gasteiger partial charge in [0, 0.05) is 36.4 Å². The van der Waals surface area contributed by atoms with Gasteiger partial charge in [0.15, 0.2) is 5.76 Å². The molecule has 1 N–H and O–H groups in total. The Bertz CT molecular complexity index is 1130. The Morgan fingerprint density at radius 2 is 1.72 bits per heavy atom. The molecule has 2 aromatic carbocycles. The molecule has 0 unspecified atom stereocenters. The first kappa shape index (κ1) is 18.7. The number of aliphatic hydroxyl groups excluding tert-OH is 1. The first-order valence-corrected chi connectivity index (χ1v) is 9.31. The minimum Gasteiger partial charge on any atom is -0.487 e. The molecule has 2 heterocycles. The Balaban J connectivity index is 1.88. The molecule has 29 heavy (non-hydrogen) atoms. The van der Waals surface area contributed by atoms with Crippen molar-refractivity contribution >= 4 is 40.2 Å². The number of benzene rings is 2. The molecule has 4 rings (SSSR count). The molecule has 146 valence electrons. The molecule has 0 spiro atoms. The maximum absolute atomic E-state index is 13.4. The third-order valence-electron chi connectivity index (χ3n) is 4.81. The monoisotopic (exact) mass is 388 g/mol. The number of aromatic nitrogens is 1. The molecular weight excluding hydrogens is 368 g/mol. The number of hydrogen-bond donors (Lipinski definition) is 1. The maximum atomic E-state index is 13.4. The van der Waals surface area contributed by atoms with E-state index in [2.05, 4.69) is 6.58 Å². The number of amides is 2. The predicted octanol–water partition coefficient (Wildman–Crippen LogP) is 3.43. The molecule has 1 aliphatic rings. The minimum atomic E-state index is -0.510. The van der Waals surface area contributed by atoms with E-state index < -0.39 is 11.8 Å². The number of anilines is 1. The van der Waals surface area contributed by atoms with Crippen LogP contribution in [-0.4, -0.2) is 34.7 Å². The number of rotatable bonds is 7. The van der Waals surface area contributed by atoms with Crippen molar-refractivity contribution in [1.82, 2.24) is 4.57 Å². The molecule has 2 amide bonds. The Morgan fingerprint density at radius 3 is 2.45 bits per heavy atom. The summed E-state index contributed by atoms with van der Waals surface area (Å²) in [7, 11) is 0. The SMILES string of the molecule is C=Cn1cc(C2=C(OCCCO)C(=O)N(c3ccccc3)C2=O)c2ccccc21. The van der Waals surface area contributed by atoms with Crippen LogP contribution >= 0.6 is 0 Å². The number of fused-ring (bicyclic) bond motifs is 1. The molecule has 3 aromatic rings. The van der Waals surface area contributed by atoms with E-state index in [1.807, 2.05) is 34.9 Å². The minimum absolute atomic E-state index is 0.000677. The van der Waals surface area contributed by atoms with Crippen LogP contribution in [0.1, 0.15) is 12.0 Å². The van der Waals surface area contributed by atoms with E-state index in [4.69, 9.17) is 9.84 Å². The van der Waals surface area contributed by atoms with Crippen LogP contribution in [-0.2, 0) is 14.3 Å². The smallest absolute Gasteiger partial charge is 0.301 e. The summed E-state index contributed by atoms with van der Waals surface area (Å²) < 4.78 is 7.52. The fourth-order valence-corrected chi connectivity index (χ4v) is 3.49. The number of imide groups is 1. The van der Waals surface area contributed by atoms with Crippen molar-refractivity contribution in [3.63, 3.8) is 0 Å². The Labute approximate surface area is 167 Å². The third kappa shape index (κ3) is 3.13. The van der Waals surface area contributed by atoms with Crippen LogP contribution in [0.25, 0.3) is 22.7 Å². The number of nitrogens with zero attached hydrogens (tertiary/aromatic N) is 2. The topological polar surface area (TPSA) is 71.8 Å². The zero-order valence-corrected chi connectivity index (χ0v) is 15.7. The van der Waals surface area contributed by atoms with Crippen molar-refractivity contribution in [1.29, 1.82) is 0 Å². The van der Waals surface area contributed by atoms with Gasteiger partial charge in [0.1, 0.15) is 0 Å². The summed E-state index contributed by atoms with van der Waals surface area (Å²) in [5.74, 6) is -0.948. The molecule has 6 nitrogen and oxygen atoms in total. The molecule has 1 aliphatic heterocycles. The lowest BCUT2D eigenvalue weighted by atomic mass is 10.0. The molecule has 0 radical (unpaired) electrons. The largest absolute Gasteiger partial charge is 0.487 e. The molecule has 0 aliphatic carbocycles. The van der Waals surface area contributed by atoms with Crippen molar-refractivity contribution < 1.29 is 19.4 Å². The number of para-hydroxylation sites is 2. The Hall–Kier alpha value is -3.64. The Kier molecular flexibility index (Phi) is 5.01. The van der Waals surface area contributed by atoms with Gasteiger partial charge in [0.2, 0.25) is 0 Å². The van der Waals surface area contributed by atoms with Crippen molar-refractivity contribution in [3.8, 4) is 0 Å². The summed E-state index contributed by atoms with van der Waals surface area (Å²) in [6.45, 7) is 3.89. The first-order chi connectivity index (χ1) is 14.2. The van der Waals surface area contributed by atoms with Gasteiger partial charge in [0.05, 0.1) is 23.4 Å². The van der Waals surface area contributed by atoms with Crippen molar-refractivity contribution in [2.45, 2.75) is 6.42 Å². The van der Waals surface area contributed by atoms with E-state index in [1.54, 1.807) is 36.7 Å². The second kappa shape index (κ2) is 7.77. The van der Waals surface area contributed by atoms with Gasteiger partial charge in [0.25, 0.3) is 5.91 Å². The Morgan fingerprint density at radius 1 is 1.00 bits per heavy atom. The molecule has 6 heteroatoms. The lowest BCUT2D eigenvalue weighted by Gasteiger charge is -2.14. The standard InChI is InChI=1S/C23H20N2O4/c1-2-24-15-18(17-11-6-7-12-19(17)24)20-21(29-14-8-13-26)23(28)25(22(20)27)16-9-4-3-5-10-16/h2-7,9-12,15,26H,1,8,13-14H2. The number of carbonyl (C=O) groups is 2. The highest BCUT2D eigenvalue weighted by molar-refractivity contribution is 6.46. The highest BCUT2D eigenvalue weighted by Crippen LogP contribution is 2.37. The molecule has 0 saturated carbocycles. The summed E-state index contributed by atoms with van der Waals surface area (Å²) in [6.07, 6.45) is 3.79. The number of aliphatic hydroxyl groups is 1. The zero-order chi connectivity index (χ0) is 20.4. The van der Waals surface area contributed by atoms with Crippen molar-refractivity contribution in [2.24, 2.45) is 0 Å². The lowest BCUT2D eigenvalue weighted by Crippen LogP contribution is -2.31. The van der Waals surface area contributed by atoms with E-state index >= 15 is 0 Å². The van der Waals surface area contributed by atoms with Gasteiger partial charge in [-0.2, -0.15) is 0 Å². The van der Waals surface area contributed by atoms with Crippen LogP contribution < -0.4 is 4.90 Å². The molecule has 0 bridgehead atoms. The van der Waals surface area contributed by atoms with Crippen LogP contribution in [0.4, 0.5) is 5.69 Å². The number of carbonyl (C=O) groups excluding carboxylic acids is 2. The number of hydrogen-bond acceptors (Lipinski definition) is 4. The molecule has 0 saturated heterocycles. The molecule has 1 aromatic heterocycles. The fraction of sp³-hybridized carbons (Fsp3) is 0.130. The average Bonchev–Trinajstić information content (AvgIpc) is 3.23. The van der Waals surface area contributed by atoms with E-state index in [1.165, 1.54) is 0 Å². The van der Waals surface area contributed by atoms with Crippen LogP contribution in [0.15, 0.2) is 73.1 Å². The third-order valence-corrected chi connectivity index (χ3v) is 4.81. The van der Waals surface area contributed by atoms with Crippen molar-refractivity contribution in [3.05, 3.63) is 78.7 Å². The summed E-state index contributed by atoms with van der Waals surface area (Å²) in [5, 5.41) is 9.90. The summed E-state index contributed by atoms with van der Waals surface area (Å²) in [4.78, 5) is 27.7. The van der Waals surface area contributed by atoms with E-state index in [9.17, 15) is 9.59 Å². The predicted molar refractivity (Wildman–Crippen MR) is 112 cm³/mol. The lowest BCUT2D eigenvalue weighted by molar-refractivity contribution is -0.121. The highest BCUT2D eigenvalue weighted by Gasteiger charge is 2.42. The normalized spacial score (nSPS) is 14.2. The zero-order valence-electron chi connectivity index (χ0n) is 15.7. The van der Waals surface area contributed by atoms with Gasteiger partial charge in [-0.15, -0.1) is 0 Å². The maximum Gasteiger partial charge on any atom is 0.301 e. The summed E-state index contributed by atoms with van der Waals surface area (Å²) >= 11 is 0. The van der Waals surface area contributed by atoms with Gasteiger partial charge in [-0.05, 0) is 18.2 Å². The number of ether oxygens (including phenoxy) is 1. The van der Waals surface area contributed by atoms with Gasteiger partial charge in [-0.3, -0.25) is 9.59 Å². The van der Waals surface area contributed by atoms with Crippen LogP contribution in [0.3, 0.4) is 0 Å². The van der Waals surface area contributed by atoms with E-state index in [0.717, 1.165) is 15.8 Å². The second-order valence-electron chi connectivity index (χ2n) is 6.56. The van der Waals surface area contributed by atoms with E-state index in [0.29, 0.717) is 17.7 Å². The van der Waals surface area contributed by atoms with Crippen molar-refractivity contribution in [2.75, 3.05) is 18.1 Å². The van der Waals surface area contributed by atoms with Gasteiger partial charge in [-0.25, -0.2) is 4.90 Å². The second-order valence-corrected chi connectivity index (χ2v) is 6.56. The highest BCUT2D eigenvalue weighted by atomic mass is 16.5. The first-order valence-electron chi connectivity index (χ1n) is 9.31. The molecule has 0 atom stereocenters. The molecular formula is C23H20N2O4. The summed E-state index contributed by atoms with van der Waals surface area (Å²) in [5.41, 5.74) is 2.18.